The number of aromatic nitrogens is 8. The molecule has 0 radical (unpaired) electrons. The zero-order valence-electron chi connectivity index (χ0n) is 22.2. The summed E-state index contributed by atoms with van der Waals surface area (Å²) in [7, 11) is 3.43. The maximum atomic E-state index is 14.0. The van der Waals surface area contributed by atoms with E-state index in [1.807, 2.05) is 0 Å². The van der Waals surface area contributed by atoms with Crippen LogP contribution in [0.4, 0.5) is 24.9 Å². The SMILES string of the molecule is CN(c1ncccn1)N(Cc1ccc(-c2cnn(C(F)(F)F)c2)cn1)C(=O)c1ccc2nc(N)c3cnn(C)c3c2c1. The molecule has 0 atom stereocenters. The lowest BCUT2D eigenvalue weighted by molar-refractivity contribution is -0.212. The molecule has 0 aliphatic heterocycles. The number of nitrogen functional groups attached to an aromatic ring is 1. The Labute approximate surface area is 235 Å². The molecule has 6 rings (SSSR count). The van der Waals surface area contributed by atoms with Crippen LogP contribution in [0.3, 0.4) is 0 Å². The maximum absolute atomic E-state index is 14.0. The standard InChI is InChI=1S/C27H22F3N11O/c1-38-23-20-10-16(5-7-22(20)37-24(31)21(23)13-35-38)25(42)40(39(2)26-32-8-3-9-33-26)15-19-6-4-17(11-34-19)18-12-36-41(14-18)27(28,29)30/h3-14H,15H2,1-2H3,(H2,31,37). The number of amides is 1. The number of carbonyl (C=O) groups is 1. The molecule has 0 bridgehead atoms. The van der Waals surface area contributed by atoms with E-state index in [1.54, 1.807) is 73.8 Å². The lowest BCUT2D eigenvalue weighted by Gasteiger charge is -2.31. The van der Waals surface area contributed by atoms with Gasteiger partial charge in [0.2, 0.25) is 5.95 Å². The summed E-state index contributed by atoms with van der Waals surface area (Å²) in [6.07, 6.45) is 3.55. The zero-order chi connectivity index (χ0) is 29.6. The highest BCUT2D eigenvalue weighted by Crippen LogP contribution is 2.29. The van der Waals surface area contributed by atoms with E-state index in [2.05, 4.69) is 30.1 Å². The molecule has 0 fully saturated rings. The molecule has 0 saturated heterocycles. The Bertz CT molecular complexity index is 1920. The van der Waals surface area contributed by atoms with Gasteiger partial charge in [0.05, 0.1) is 41.1 Å². The van der Waals surface area contributed by atoms with E-state index in [9.17, 15) is 18.0 Å². The first-order valence-corrected chi connectivity index (χ1v) is 12.5. The largest absolute Gasteiger partial charge is 0.504 e. The van der Waals surface area contributed by atoms with E-state index in [-0.39, 0.29) is 28.6 Å². The number of hydrazine groups is 1. The summed E-state index contributed by atoms with van der Waals surface area (Å²) < 4.78 is 40.5. The van der Waals surface area contributed by atoms with Crippen molar-refractivity contribution in [3.05, 3.63) is 84.8 Å². The molecule has 5 aromatic heterocycles. The van der Waals surface area contributed by atoms with Gasteiger partial charge in [-0.3, -0.25) is 19.5 Å². The van der Waals surface area contributed by atoms with Crippen LogP contribution in [-0.4, -0.2) is 57.5 Å². The summed E-state index contributed by atoms with van der Waals surface area (Å²) in [5, 5.41) is 12.0. The van der Waals surface area contributed by atoms with Crippen LogP contribution in [0.1, 0.15) is 16.1 Å². The fourth-order valence-corrected chi connectivity index (χ4v) is 4.57. The van der Waals surface area contributed by atoms with Gasteiger partial charge in [0.1, 0.15) is 5.82 Å². The van der Waals surface area contributed by atoms with Crippen LogP contribution in [0.25, 0.3) is 32.9 Å². The minimum Gasteiger partial charge on any atom is -0.383 e. The number of benzene rings is 1. The Morgan fingerprint density at radius 3 is 2.45 bits per heavy atom. The van der Waals surface area contributed by atoms with Crippen LogP contribution in [0.2, 0.25) is 0 Å². The normalized spacial score (nSPS) is 11.7. The summed E-state index contributed by atoms with van der Waals surface area (Å²) in [6.45, 7) is 0.00876. The third-order valence-corrected chi connectivity index (χ3v) is 6.70. The Kier molecular flexibility index (Phi) is 6.40. The van der Waals surface area contributed by atoms with E-state index in [0.29, 0.717) is 38.9 Å². The van der Waals surface area contributed by atoms with Gasteiger partial charge in [-0.25, -0.2) is 20.0 Å². The van der Waals surface area contributed by atoms with E-state index in [4.69, 9.17) is 5.73 Å². The fraction of sp³-hybridized carbons (Fsp3) is 0.148. The molecule has 1 aromatic carbocycles. The van der Waals surface area contributed by atoms with Crippen molar-refractivity contribution in [2.24, 2.45) is 7.05 Å². The summed E-state index contributed by atoms with van der Waals surface area (Å²) in [4.78, 5) is 31.4. The predicted molar refractivity (Wildman–Crippen MR) is 147 cm³/mol. The number of pyridine rings is 2. The second-order valence-corrected chi connectivity index (χ2v) is 9.37. The molecule has 212 valence electrons. The number of anilines is 2. The third kappa shape index (κ3) is 4.80. The van der Waals surface area contributed by atoms with Crippen LogP contribution in [0, 0.1) is 0 Å². The van der Waals surface area contributed by atoms with Crippen molar-refractivity contribution >= 4 is 39.5 Å². The second kappa shape index (κ2) is 10.1. The molecule has 0 saturated carbocycles. The molecule has 2 N–H and O–H groups in total. The van der Waals surface area contributed by atoms with Gasteiger partial charge in [-0.05, 0) is 30.3 Å². The third-order valence-electron chi connectivity index (χ3n) is 6.70. The lowest BCUT2D eigenvalue weighted by atomic mass is 10.1. The summed E-state index contributed by atoms with van der Waals surface area (Å²) in [5.41, 5.74) is 8.99. The van der Waals surface area contributed by atoms with Gasteiger partial charge in [0.15, 0.2) is 0 Å². The molecule has 1 amide bonds. The first-order valence-electron chi connectivity index (χ1n) is 12.5. The second-order valence-electron chi connectivity index (χ2n) is 9.37. The number of fused-ring (bicyclic) bond motifs is 3. The fourth-order valence-electron chi connectivity index (χ4n) is 4.57. The molecular weight excluding hydrogens is 551 g/mol. The quantitative estimate of drug-likeness (QED) is 0.294. The molecule has 0 aliphatic rings. The van der Waals surface area contributed by atoms with Gasteiger partial charge < -0.3 is 5.73 Å². The predicted octanol–water partition coefficient (Wildman–Crippen LogP) is 3.92. The summed E-state index contributed by atoms with van der Waals surface area (Å²) >= 11 is 0. The van der Waals surface area contributed by atoms with E-state index in [1.165, 1.54) is 16.2 Å². The van der Waals surface area contributed by atoms with E-state index in [0.717, 1.165) is 17.9 Å². The van der Waals surface area contributed by atoms with Crippen LogP contribution in [0.5, 0.6) is 0 Å². The van der Waals surface area contributed by atoms with Gasteiger partial charge in [-0.15, -0.1) is 13.2 Å². The highest BCUT2D eigenvalue weighted by molar-refractivity contribution is 6.10. The van der Waals surface area contributed by atoms with E-state index >= 15 is 0 Å². The van der Waals surface area contributed by atoms with Crippen molar-refractivity contribution < 1.29 is 18.0 Å². The number of carbonyl (C=O) groups excluding carboxylic acids is 1. The van der Waals surface area contributed by atoms with Crippen molar-refractivity contribution in [1.82, 2.24) is 44.5 Å². The molecule has 12 nitrogen and oxygen atoms in total. The number of nitrogens with two attached hydrogens (primary N) is 1. The van der Waals surface area contributed by atoms with Crippen LogP contribution >= 0.6 is 0 Å². The average molecular weight is 574 g/mol. The Morgan fingerprint density at radius 2 is 1.76 bits per heavy atom. The summed E-state index contributed by atoms with van der Waals surface area (Å²) in [5.74, 6) is 0.232. The summed E-state index contributed by atoms with van der Waals surface area (Å²) in [6, 6.07) is 10.0. The number of aryl methyl sites for hydroxylation is 1. The van der Waals surface area contributed by atoms with Gasteiger partial charge in [-0.1, -0.05) is 6.07 Å². The van der Waals surface area contributed by atoms with Gasteiger partial charge in [0.25, 0.3) is 5.91 Å². The molecule has 0 aliphatic carbocycles. The molecular formula is C27H22F3N11O. The van der Waals surface area contributed by atoms with Gasteiger partial charge in [-0.2, -0.15) is 14.9 Å². The first-order chi connectivity index (χ1) is 20.1. The number of hydrogen-bond donors (Lipinski definition) is 1. The highest BCUT2D eigenvalue weighted by atomic mass is 19.4. The molecule has 0 spiro atoms. The van der Waals surface area contributed by atoms with Crippen molar-refractivity contribution in [2.45, 2.75) is 12.8 Å². The Balaban J connectivity index is 1.35. The average Bonchev–Trinajstić information content (AvgIpc) is 3.64. The minimum absolute atomic E-state index is 0.00876. The first kappa shape index (κ1) is 26.6. The highest BCUT2D eigenvalue weighted by Gasteiger charge is 2.31. The lowest BCUT2D eigenvalue weighted by Crippen LogP contribution is -2.45. The number of alkyl halides is 3. The number of halogens is 3. The molecule has 0 unspecified atom stereocenters. The number of hydrogen-bond acceptors (Lipinski definition) is 9. The van der Waals surface area contributed by atoms with E-state index < -0.39 is 6.30 Å². The van der Waals surface area contributed by atoms with Crippen LogP contribution in [0.15, 0.2) is 73.6 Å². The van der Waals surface area contributed by atoms with Crippen molar-refractivity contribution in [3.8, 4) is 11.1 Å². The van der Waals surface area contributed by atoms with Crippen molar-refractivity contribution in [2.75, 3.05) is 17.8 Å². The van der Waals surface area contributed by atoms with Crippen molar-refractivity contribution in [3.63, 3.8) is 0 Å². The topological polar surface area (TPSA) is 137 Å². The smallest absolute Gasteiger partial charge is 0.383 e. The van der Waals surface area contributed by atoms with Gasteiger partial charge in [0, 0.05) is 61.0 Å². The number of rotatable bonds is 6. The number of nitrogens with zero attached hydrogens (tertiary/aromatic N) is 10. The molecule has 6 aromatic rings. The van der Waals surface area contributed by atoms with Gasteiger partial charge >= 0.3 is 6.30 Å². The van der Waals surface area contributed by atoms with Crippen LogP contribution < -0.4 is 10.7 Å². The molecule has 42 heavy (non-hydrogen) atoms. The zero-order valence-corrected chi connectivity index (χ0v) is 22.2. The molecule has 15 heteroatoms. The Morgan fingerprint density at radius 1 is 0.976 bits per heavy atom. The molecule has 5 heterocycles. The monoisotopic (exact) mass is 573 g/mol. The minimum atomic E-state index is -4.62. The maximum Gasteiger partial charge on any atom is 0.504 e. The van der Waals surface area contributed by atoms with Crippen molar-refractivity contribution in [1.29, 1.82) is 0 Å². The van der Waals surface area contributed by atoms with Crippen LogP contribution in [-0.2, 0) is 19.9 Å². The Hall–Kier alpha value is -5.60.